The Bertz CT molecular complexity index is 790. The minimum Gasteiger partial charge on any atom is -0.481 e. The number of rotatable bonds is 6. The van der Waals surface area contributed by atoms with Crippen molar-refractivity contribution in [3.8, 4) is 5.75 Å². The molecule has 1 unspecified atom stereocenters. The van der Waals surface area contributed by atoms with Gasteiger partial charge in [-0.1, -0.05) is 6.92 Å². The van der Waals surface area contributed by atoms with Crippen LogP contribution in [-0.4, -0.2) is 16.6 Å². The van der Waals surface area contributed by atoms with Gasteiger partial charge in [-0.3, -0.25) is 9.59 Å². The van der Waals surface area contributed by atoms with Crippen LogP contribution in [0.1, 0.15) is 20.3 Å². The number of hydrogen-bond donors (Lipinski definition) is 1. The number of pyridine rings is 1. The van der Waals surface area contributed by atoms with Gasteiger partial charge >= 0.3 is 0 Å². The van der Waals surface area contributed by atoms with E-state index < -0.39 is 23.6 Å². The molecule has 1 aromatic carbocycles. The smallest absolute Gasteiger partial charge is 0.265 e. The molecule has 0 radical (unpaired) electrons. The summed E-state index contributed by atoms with van der Waals surface area (Å²) >= 11 is 0. The number of carbonyl (C=O) groups is 1. The predicted octanol–water partition coefficient (Wildman–Crippen LogP) is 2.94. The van der Waals surface area contributed by atoms with E-state index in [0.29, 0.717) is 12.2 Å². The lowest BCUT2D eigenvalue weighted by Crippen LogP contribution is -2.31. The number of aryl methyl sites for hydroxylation is 1. The summed E-state index contributed by atoms with van der Waals surface area (Å²) in [6, 6.07) is 5.91. The van der Waals surface area contributed by atoms with Gasteiger partial charge in [0, 0.05) is 24.9 Å². The number of ether oxygens (including phenoxy) is 1. The van der Waals surface area contributed by atoms with E-state index in [-0.39, 0.29) is 11.3 Å². The number of nitrogens with one attached hydrogen (secondary N) is 1. The van der Waals surface area contributed by atoms with Crippen LogP contribution in [-0.2, 0) is 11.3 Å². The van der Waals surface area contributed by atoms with Crippen LogP contribution in [0.25, 0.3) is 0 Å². The summed E-state index contributed by atoms with van der Waals surface area (Å²) < 4.78 is 32.8. The van der Waals surface area contributed by atoms with Crippen molar-refractivity contribution in [1.29, 1.82) is 0 Å². The first-order valence-electron chi connectivity index (χ1n) is 7.53. The van der Waals surface area contributed by atoms with Gasteiger partial charge in [-0.05, 0) is 31.5 Å². The molecule has 1 aromatic heterocycles. The van der Waals surface area contributed by atoms with Crippen LogP contribution in [0.3, 0.4) is 0 Å². The van der Waals surface area contributed by atoms with E-state index in [2.05, 4.69) is 5.32 Å². The van der Waals surface area contributed by atoms with Gasteiger partial charge in [-0.15, -0.1) is 0 Å². The van der Waals surface area contributed by atoms with E-state index in [1.165, 1.54) is 29.7 Å². The number of amides is 1. The van der Waals surface area contributed by atoms with Gasteiger partial charge in [0.25, 0.3) is 11.5 Å². The molecular weight excluding hydrogens is 318 g/mol. The van der Waals surface area contributed by atoms with Gasteiger partial charge in [-0.25, -0.2) is 8.78 Å². The lowest BCUT2D eigenvalue weighted by Gasteiger charge is -2.15. The maximum Gasteiger partial charge on any atom is 0.265 e. The summed E-state index contributed by atoms with van der Waals surface area (Å²) in [7, 11) is 0. The Morgan fingerprint density at radius 1 is 1.25 bits per heavy atom. The Hall–Kier alpha value is -2.70. The topological polar surface area (TPSA) is 60.3 Å². The van der Waals surface area contributed by atoms with Crippen LogP contribution in [0.2, 0.25) is 0 Å². The maximum atomic E-state index is 13.1. The van der Waals surface area contributed by atoms with E-state index in [9.17, 15) is 18.4 Å². The number of anilines is 1. The highest BCUT2D eigenvalue weighted by Gasteiger charge is 2.16. The third kappa shape index (κ3) is 4.41. The van der Waals surface area contributed by atoms with Crippen molar-refractivity contribution in [2.75, 3.05) is 5.32 Å². The van der Waals surface area contributed by atoms with E-state index >= 15 is 0 Å². The second-order valence-corrected chi connectivity index (χ2v) is 5.27. The highest BCUT2D eigenvalue weighted by atomic mass is 19.2. The number of carbonyl (C=O) groups excluding carboxylic acids is 1. The summed E-state index contributed by atoms with van der Waals surface area (Å²) in [5.41, 5.74) is 0.301. The molecule has 5 nitrogen and oxygen atoms in total. The van der Waals surface area contributed by atoms with Crippen molar-refractivity contribution in [2.24, 2.45) is 0 Å². The molecule has 2 rings (SSSR count). The Labute approximate surface area is 137 Å². The summed E-state index contributed by atoms with van der Waals surface area (Å²) in [6.45, 7) is 3.97. The summed E-state index contributed by atoms with van der Waals surface area (Å²) in [4.78, 5) is 23.8. The number of aromatic nitrogens is 1. The van der Waals surface area contributed by atoms with Gasteiger partial charge in [-0.2, -0.15) is 0 Å². The third-order valence-corrected chi connectivity index (χ3v) is 3.29. The molecule has 0 aliphatic rings. The maximum absolute atomic E-state index is 13.1. The van der Waals surface area contributed by atoms with E-state index in [0.717, 1.165) is 18.6 Å². The fourth-order valence-corrected chi connectivity index (χ4v) is 2.07. The Morgan fingerprint density at radius 3 is 2.67 bits per heavy atom. The molecule has 1 atom stereocenters. The van der Waals surface area contributed by atoms with Crippen molar-refractivity contribution < 1.29 is 18.3 Å². The first-order chi connectivity index (χ1) is 11.4. The molecule has 0 bridgehead atoms. The zero-order chi connectivity index (χ0) is 17.7. The number of halogens is 2. The van der Waals surface area contributed by atoms with Gasteiger partial charge in [0.1, 0.15) is 5.75 Å². The fraction of sp³-hybridized carbons (Fsp3) is 0.294. The molecule has 24 heavy (non-hydrogen) atoms. The average Bonchev–Trinajstić information content (AvgIpc) is 2.54. The predicted molar refractivity (Wildman–Crippen MR) is 86.1 cm³/mol. The minimum atomic E-state index is -1.05. The standard InChI is InChI=1S/C17H18F2N2O3/c1-3-8-21-10-12(4-7-16(21)22)20-17(23)11(2)24-13-5-6-14(18)15(19)9-13/h4-7,9-11H,3,8H2,1-2H3,(H,20,23). The van der Waals surface area contributed by atoms with Gasteiger partial charge < -0.3 is 14.6 Å². The van der Waals surface area contributed by atoms with Crippen LogP contribution in [0.4, 0.5) is 14.5 Å². The lowest BCUT2D eigenvalue weighted by atomic mass is 10.3. The normalized spacial score (nSPS) is 11.8. The molecule has 0 aliphatic heterocycles. The SMILES string of the molecule is CCCn1cc(NC(=O)C(C)Oc2ccc(F)c(F)c2)ccc1=O. The van der Waals surface area contributed by atoms with Crippen molar-refractivity contribution in [1.82, 2.24) is 4.57 Å². The first-order valence-corrected chi connectivity index (χ1v) is 7.53. The molecule has 1 heterocycles. The van der Waals surface area contributed by atoms with Crippen LogP contribution >= 0.6 is 0 Å². The van der Waals surface area contributed by atoms with Crippen molar-refractivity contribution in [3.63, 3.8) is 0 Å². The lowest BCUT2D eigenvalue weighted by molar-refractivity contribution is -0.122. The number of benzene rings is 1. The molecule has 128 valence electrons. The molecule has 7 heteroatoms. The summed E-state index contributed by atoms with van der Waals surface area (Å²) in [5, 5.41) is 2.62. The van der Waals surface area contributed by atoms with E-state index in [4.69, 9.17) is 4.74 Å². The molecule has 0 saturated carbocycles. The van der Waals surface area contributed by atoms with Gasteiger partial charge in [0.2, 0.25) is 0 Å². The quantitative estimate of drug-likeness (QED) is 0.882. The van der Waals surface area contributed by atoms with E-state index in [1.807, 2.05) is 6.92 Å². The van der Waals surface area contributed by atoms with Gasteiger partial charge in [0.05, 0.1) is 5.69 Å². The van der Waals surface area contributed by atoms with Gasteiger partial charge in [0.15, 0.2) is 17.7 Å². The average molecular weight is 336 g/mol. The molecule has 0 fully saturated rings. The summed E-state index contributed by atoms with van der Waals surface area (Å²) in [5.74, 6) is -2.46. The van der Waals surface area contributed by atoms with Crippen molar-refractivity contribution in [2.45, 2.75) is 32.9 Å². The minimum absolute atomic E-state index is 0.0486. The molecular formula is C17H18F2N2O3. The zero-order valence-electron chi connectivity index (χ0n) is 13.4. The van der Waals surface area contributed by atoms with Crippen LogP contribution in [0, 0.1) is 11.6 Å². The highest BCUT2D eigenvalue weighted by Crippen LogP contribution is 2.17. The molecule has 1 N–H and O–H groups in total. The Balaban J connectivity index is 2.04. The molecule has 1 amide bonds. The van der Waals surface area contributed by atoms with Crippen LogP contribution in [0.15, 0.2) is 41.3 Å². The highest BCUT2D eigenvalue weighted by molar-refractivity contribution is 5.93. The monoisotopic (exact) mass is 336 g/mol. The van der Waals surface area contributed by atoms with Crippen LogP contribution < -0.4 is 15.6 Å². The first kappa shape index (κ1) is 17.7. The Kier molecular flexibility index (Phi) is 5.68. The van der Waals surface area contributed by atoms with Crippen molar-refractivity contribution in [3.05, 3.63) is 58.5 Å². The molecule has 0 saturated heterocycles. The van der Waals surface area contributed by atoms with Crippen molar-refractivity contribution >= 4 is 11.6 Å². The second kappa shape index (κ2) is 7.72. The number of hydrogen-bond acceptors (Lipinski definition) is 3. The molecule has 2 aromatic rings. The largest absolute Gasteiger partial charge is 0.481 e. The fourth-order valence-electron chi connectivity index (χ4n) is 2.07. The van der Waals surface area contributed by atoms with E-state index in [1.54, 1.807) is 6.20 Å². The summed E-state index contributed by atoms with van der Waals surface area (Å²) in [6.07, 6.45) is 1.41. The zero-order valence-corrected chi connectivity index (χ0v) is 13.4. The molecule has 0 spiro atoms. The third-order valence-electron chi connectivity index (χ3n) is 3.29. The number of nitrogens with zero attached hydrogens (tertiary/aromatic N) is 1. The van der Waals surface area contributed by atoms with Crippen LogP contribution in [0.5, 0.6) is 5.75 Å². The second-order valence-electron chi connectivity index (χ2n) is 5.27. The molecule has 0 aliphatic carbocycles. The Morgan fingerprint density at radius 2 is 2.00 bits per heavy atom.